The Labute approximate surface area is 345 Å². The molecule has 1 aliphatic rings. The lowest BCUT2D eigenvalue weighted by atomic mass is 9.70. The number of hydrogen-bond donors (Lipinski definition) is 0. The molecule has 0 aliphatic carbocycles. The van der Waals surface area contributed by atoms with E-state index in [0.29, 0.717) is 0 Å². The van der Waals surface area contributed by atoms with Gasteiger partial charge in [-0.2, -0.15) is 0 Å². The topological polar surface area (TPSA) is 6.48 Å². The van der Waals surface area contributed by atoms with Gasteiger partial charge >= 0.3 is 0 Å². The van der Waals surface area contributed by atoms with E-state index < -0.39 is 0 Å². The summed E-state index contributed by atoms with van der Waals surface area (Å²) in [6, 6.07) is 80.0. The number of anilines is 6. The number of benzene rings is 10. The Morgan fingerprint density at radius 3 is 1.78 bits per heavy atom. The average molecular weight is 755 g/mol. The minimum absolute atomic E-state index is 0.282. The third kappa shape index (κ3) is 5.71. The average Bonchev–Trinajstić information content (AvgIpc) is 3.29. The van der Waals surface area contributed by atoms with E-state index in [4.69, 9.17) is 0 Å². The first-order chi connectivity index (χ1) is 29.0. The van der Waals surface area contributed by atoms with Gasteiger partial charge in [-0.3, -0.25) is 0 Å². The van der Waals surface area contributed by atoms with Crippen molar-refractivity contribution < 1.29 is 0 Å². The summed E-state index contributed by atoms with van der Waals surface area (Å²) in [6.07, 6.45) is 0. The van der Waals surface area contributed by atoms with Crippen molar-refractivity contribution in [3.63, 3.8) is 0 Å². The summed E-state index contributed by atoms with van der Waals surface area (Å²) in [6.45, 7) is 4.78. The first-order valence-corrected chi connectivity index (χ1v) is 20.5. The molecule has 280 valence electrons. The number of nitrogens with zero attached hydrogens (tertiary/aromatic N) is 2. The lowest BCUT2D eigenvalue weighted by Crippen LogP contribution is -2.31. The molecule has 0 fully saturated rings. The maximum absolute atomic E-state index is 2.54. The summed E-state index contributed by atoms with van der Waals surface area (Å²) < 4.78 is 0. The number of fused-ring (bicyclic) bond motifs is 5. The molecule has 1 heterocycles. The van der Waals surface area contributed by atoms with Crippen LogP contribution in [0.15, 0.2) is 218 Å². The summed E-state index contributed by atoms with van der Waals surface area (Å²) in [5.74, 6) is 0. The molecule has 11 rings (SSSR count). The van der Waals surface area contributed by atoms with Crippen LogP contribution in [-0.4, -0.2) is 0 Å². The van der Waals surface area contributed by atoms with E-state index >= 15 is 0 Å². The zero-order chi connectivity index (χ0) is 39.5. The first-order valence-electron chi connectivity index (χ1n) is 20.5. The van der Waals surface area contributed by atoms with Crippen LogP contribution in [0.1, 0.15) is 25.0 Å². The third-order valence-electron chi connectivity index (χ3n) is 12.4. The van der Waals surface area contributed by atoms with Crippen LogP contribution in [0.2, 0.25) is 0 Å². The van der Waals surface area contributed by atoms with E-state index in [0.717, 1.165) is 17.1 Å². The number of rotatable bonds is 6. The van der Waals surface area contributed by atoms with Gasteiger partial charge in [0.15, 0.2) is 0 Å². The summed E-state index contributed by atoms with van der Waals surface area (Å²) >= 11 is 0. The lowest BCUT2D eigenvalue weighted by molar-refractivity contribution is 0.634. The van der Waals surface area contributed by atoms with Gasteiger partial charge in [-0.1, -0.05) is 190 Å². The smallest absolute Gasteiger partial charge is 0.0618 e. The fourth-order valence-electron chi connectivity index (χ4n) is 9.61. The molecule has 0 unspecified atom stereocenters. The highest BCUT2D eigenvalue weighted by Crippen LogP contribution is 2.57. The van der Waals surface area contributed by atoms with Gasteiger partial charge in [-0.15, -0.1) is 0 Å². The van der Waals surface area contributed by atoms with Gasteiger partial charge in [0.1, 0.15) is 0 Å². The predicted molar refractivity (Wildman–Crippen MR) is 251 cm³/mol. The van der Waals surface area contributed by atoms with Crippen molar-refractivity contribution >= 4 is 66.4 Å². The van der Waals surface area contributed by atoms with Gasteiger partial charge in [-0.25, -0.2) is 0 Å². The minimum atomic E-state index is -0.282. The van der Waals surface area contributed by atoms with Crippen molar-refractivity contribution in [2.24, 2.45) is 0 Å². The van der Waals surface area contributed by atoms with Crippen molar-refractivity contribution in [1.82, 2.24) is 0 Å². The third-order valence-corrected chi connectivity index (χ3v) is 12.4. The quantitative estimate of drug-likeness (QED) is 0.167. The van der Waals surface area contributed by atoms with Crippen molar-refractivity contribution in [3.05, 3.63) is 230 Å². The van der Waals surface area contributed by atoms with E-state index in [1.54, 1.807) is 0 Å². The lowest BCUT2D eigenvalue weighted by Gasteiger charge is -2.44. The molecular weight excluding hydrogens is 713 g/mol. The normalized spacial score (nSPS) is 13.0. The molecule has 2 heteroatoms. The van der Waals surface area contributed by atoms with Crippen LogP contribution in [0, 0.1) is 0 Å². The van der Waals surface area contributed by atoms with Crippen molar-refractivity contribution in [1.29, 1.82) is 0 Å². The molecule has 0 amide bonds. The zero-order valence-electron chi connectivity index (χ0n) is 33.2. The molecule has 0 N–H and O–H groups in total. The molecular formula is C57H42N2. The molecule has 0 saturated heterocycles. The molecule has 0 spiro atoms. The predicted octanol–water partition coefficient (Wildman–Crippen LogP) is 16.1. The molecule has 2 nitrogen and oxygen atoms in total. The van der Waals surface area contributed by atoms with Gasteiger partial charge in [-0.05, 0) is 91.8 Å². The second-order valence-corrected chi connectivity index (χ2v) is 16.1. The summed E-state index contributed by atoms with van der Waals surface area (Å²) in [4.78, 5) is 4.95. The molecule has 0 bridgehead atoms. The van der Waals surface area contributed by atoms with Crippen LogP contribution in [-0.2, 0) is 5.41 Å². The Kier molecular flexibility index (Phi) is 8.20. The molecule has 0 atom stereocenters. The number of para-hydroxylation sites is 1. The van der Waals surface area contributed by atoms with Crippen LogP contribution in [0.5, 0.6) is 0 Å². The SMILES string of the molecule is CC1(C)c2ccccc2N(c2c(-c3ccccc3)ccc3ccccc23)c2cccc(-c3ccc(N(c4ccc5ccccc5c4)c4cccc5ccccc45)cc3)c21. The Morgan fingerprint density at radius 1 is 0.390 bits per heavy atom. The molecule has 0 saturated carbocycles. The first kappa shape index (κ1) is 34.8. The van der Waals surface area contributed by atoms with E-state index in [9.17, 15) is 0 Å². The monoisotopic (exact) mass is 754 g/mol. The van der Waals surface area contributed by atoms with Gasteiger partial charge < -0.3 is 9.80 Å². The fraction of sp³-hybridized carbons (Fsp3) is 0.0526. The Morgan fingerprint density at radius 2 is 0.966 bits per heavy atom. The van der Waals surface area contributed by atoms with Crippen LogP contribution in [0.25, 0.3) is 54.6 Å². The molecule has 1 aliphatic heterocycles. The van der Waals surface area contributed by atoms with Gasteiger partial charge in [0.05, 0.1) is 22.7 Å². The Hall–Kier alpha value is -7.42. The van der Waals surface area contributed by atoms with E-state index in [-0.39, 0.29) is 5.41 Å². The van der Waals surface area contributed by atoms with Crippen LogP contribution in [0.4, 0.5) is 34.1 Å². The maximum atomic E-state index is 2.54. The summed E-state index contributed by atoms with van der Waals surface area (Å²) in [5, 5.41) is 7.34. The highest BCUT2D eigenvalue weighted by molar-refractivity contribution is 6.08. The highest BCUT2D eigenvalue weighted by atomic mass is 15.2. The second-order valence-electron chi connectivity index (χ2n) is 16.1. The van der Waals surface area contributed by atoms with Crippen molar-refractivity contribution in [3.8, 4) is 22.3 Å². The summed E-state index contributed by atoms with van der Waals surface area (Å²) in [5.41, 5.74) is 14.2. The molecule has 59 heavy (non-hydrogen) atoms. The van der Waals surface area contributed by atoms with E-state index in [1.807, 2.05) is 0 Å². The summed E-state index contributed by atoms with van der Waals surface area (Å²) in [7, 11) is 0. The van der Waals surface area contributed by atoms with Gasteiger partial charge in [0.2, 0.25) is 0 Å². The van der Waals surface area contributed by atoms with Crippen molar-refractivity contribution in [2.45, 2.75) is 19.3 Å². The second kappa shape index (κ2) is 13.9. The number of hydrogen-bond acceptors (Lipinski definition) is 2. The van der Waals surface area contributed by atoms with Gasteiger partial charge in [0, 0.05) is 33.1 Å². The van der Waals surface area contributed by atoms with Gasteiger partial charge in [0.25, 0.3) is 0 Å². The molecule has 10 aromatic rings. The standard InChI is InChI=1S/C57H42N2/c1-57(2)51-26-12-13-27-53(51)59(56-49-24-11-9-20-42(49)33-37-50(56)41-17-4-3-5-18-41)54-29-15-25-48(55(54)57)43-31-34-45(35-32-43)58(46-36-30-39-16-6-7-21-44(39)38-46)52-28-14-22-40-19-8-10-23-47(40)52/h3-38H,1-2H3. The maximum Gasteiger partial charge on any atom is 0.0618 e. The Bertz CT molecular complexity index is 3190. The van der Waals surface area contributed by atoms with Crippen LogP contribution >= 0.6 is 0 Å². The van der Waals surface area contributed by atoms with Crippen LogP contribution in [0.3, 0.4) is 0 Å². The highest BCUT2D eigenvalue weighted by Gasteiger charge is 2.39. The van der Waals surface area contributed by atoms with E-state index in [2.05, 4.69) is 242 Å². The zero-order valence-corrected chi connectivity index (χ0v) is 33.2. The molecule has 0 radical (unpaired) electrons. The largest absolute Gasteiger partial charge is 0.310 e. The molecule has 10 aromatic carbocycles. The fourth-order valence-corrected chi connectivity index (χ4v) is 9.61. The molecule has 0 aromatic heterocycles. The van der Waals surface area contributed by atoms with Crippen molar-refractivity contribution in [2.75, 3.05) is 9.80 Å². The minimum Gasteiger partial charge on any atom is -0.310 e. The van der Waals surface area contributed by atoms with Crippen LogP contribution < -0.4 is 9.80 Å². The Balaban J connectivity index is 1.11. The van der Waals surface area contributed by atoms with E-state index in [1.165, 1.54) is 82.8 Å².